The third kappa shape index (κ3) is 5.08. The standard InChI is InChI=1S/C23H27N5OS/c1-17(22(29)25-20-12-6-3-7-13-20)30-23-27-26-21(19-11-8-14-24-15-19)28(23)16-18-9-4-2-5-10-18/h2,4-5,8-11,14-15,17,20H,3,6-7,12-13,16H2,1H3,(H,25,29). The van der Waals surface area contributed by atoms with Crippen LogP contribution in [-0.4, -0.2) is 36.9 Å². The molecule has 6 nitrogen and oxygen atoms in total. The number of thioether (sulfide) groups is 1. The molecule has 1 aliphatic rings. The quantitative estimate of drug-likeness (QED) is 0.575. The van der Waals surface area contributed by atoms with E-state index in [1.54, 1.807) is 12.4 Å². The van der Waals surface area contributed by atoms with Crippen LogP contribution in [-0.2, 0) is 11.3 Å². The number of benzene rings is 1. The molecule has 4 rings (SSSR count). The summed E-state index contributed by atoms with van der Waals surface area (Å²) in [6.45, 7) is 2.57. The van der Waals surface area contributed by atoms with Crippen LogP contribution in [0, 0.1) is 0 Å². The molecule has 1 unspecified atom stereocenters. The molecule has 0 bridgehead atoms. The Hall–Kier alpha value is -2.67. The van der Waals surface area contributed by atoms with Crippen molar-refractivity contribution in [3.63, 3.8) is 0 Å². The van der Waals surface area contributed by atoms with Gasteiger partial charge in [-0.25, -0.2) is 0 Å². The molecule has 0 aliphatic heterocycles. The van der Waals surface area contributed by atoms with Gasteiger partial charge in [-0.05, 0) is 37.5 Å². The number of nitrogens with one attached hydrogen (secondary N) is 1. The summed E-state index contributed by atoms with van der Waals surface area (Å²) in [6, 6.07) is 14.4. The van der Waals surface area contributed by atoms with Gasteiger partial charge in [0.05, 0.1) is 11.8 Å². The van der Waals surface area contributed by atoms with Crippen molar-refractivity contribution in [2.24, 2.45) is 0 Å². The first kappa shape index (κ1) is 20.6. The van der Waals surface area contributed by atoms with Gasteiger partial charge in [-0.1, -0.05) is 61.4 Å². The highest BCUT2D eigenvalue weighted by Crippen LogP contribution is 2.28. The van der Waals surface area contributed by atoms with E-state index in [9.17, 15) is 4.79 Å². The van der Waals surface area contributed by atoms with Crippen LogP contribution in [0.4, 0.5) is 0 Å². The topological polar surface area (TPSA) is 72.7 Å². The average Bonchev–Trinajstić information content (AvgIpc) is 3.17. The maximum atomic E-state index is 12.8. The minimum Gasteiger partial charge on any atom is -0.352 e. The van der Waals surface area contributed by atoms with E-state index < -0.39 is 0 Å². The molecule has 1 atom stereocenters. The fourth-order valence-corrected chi connectivity index (χ4v) is 4.63. The lowest BCUT2D eigenvalue weighted by Gasteiger charge is -2.24. The first-order valence-corrected chi connectivity index (χ1v) is 11.4. The maximum absolute atomic E-state index is 12.8. The maximum Gasteiger partial charge on any atom is 0.233 e. The summed E-state index contributed by atoms with van der Waals surface area (Å²) in [7, 11) is 0. The highest BCUT2D eigenvalue weighted by Gasteiger charge is 2.23. The zero-order valence-electron chi connectivity index (χ0n) is 17.2. The lowest BCUT2D eigenvalue weighted by Crippen LogP contribution is -2.40. The van der Waals surface area contributed by atoms with Crippen molar-refractivity contribution in [1.29, 1.82) is 0 Å². The predicted octanol–water partition coefficient (Wildman–Crippen LogP) is 4.32. The van der Waals surface area contributed by atoms with Crippen molar-refractivity contribution in [2.75, 3.05) is 0 Å². The van der Waals surface area contributed by atoms with Gasteiger partial charge in [-0.15, -0.1) is 10.2 Å². The molecule has 1 N–H and O–H groups in total. The summed E-state index contributed by atoms with van der Waals surface area (Å²) in [6.07, 6.45) is 9.37. The van der Waals surface area contributed by atoms with E-state index >= 15 is 0 Å². The van der Waals surface area contributed by atoms with Gasteiger partial charge in [0.15, 0.2) is 11.0 Å². The normalized spacial score (nSPS) is 15.6. The lowest BCUT2D eigenvalue weighted by molar-refractivity contribution is -0.121. The van der Waals surface area contributed by atoms with Crippen LogP contribution in [0.5, 0.6) is 0 Å². The summed E-state index contributed by atoms with van der Waals surface area (Å²) < 4.78 is 2.07. The SMILES string of the molecule is CC(Sc1nnc(-c2cccnc2)n1Cc1ccccc1)C(=O)NC1CCCCC1. The zero-order valence-corrected chi connectivity index (χ0v) is 18.0. The second kappa shape index (κ2) is 9.89. The van der Waals surface area contributed by atoms with Gasteiger partial charge in [0, 0.05) is 24.0 Å². The summed E-state index contributed by atoms with van der Waals surface area (Å²) in [5.41, 5.74) is 2.07. The second-order valence-corrected chi connectivity index (χ2v) is 9.03. The summed E-state index contributed by atoms with van der Waals surface area (Å²) in [4.78, 5) is 17.0. The molecule has 7 heteroatoms. The largest absolute Gasteiger partial charge is 0.352 e. The van der Waals surface area contributed by atoms with Gasteiger partial charge in [0.2, 0.25) is 5.91 Å². The molecular formula is C23H27N5OS. The average molecular weight is 422 g/mol. The van der Waals surface area contributed by atoms with Gasteiger partial charge in [0.25, 0.3) is 0 Å². The Kier molecular flexibility index (Phi) is 6.79. The fraction of sp³-hybridized carbons (Fsp3) is 0.391. The van der Waals surface area contributed by atoms with E-state index in [2.05, 4.69) is 37.2 Å². The van der Waals surface area contributed by atoms with Crippen molar-refractivity contribution in [1.82, 2.24) is 25.1 Å². The van der Waals surface area contributed by atoms with Crippen LogP contribution in [0.25, 0.3) is 11.4 Å². The predicted molar refractivity (Wildman–Crippen MR) is 119 cm³/mol. The third-order valence-electron chi connectivity index (χ3n) is 5.42. The number of hydrogen-bond donors (Lipinski definition) is 1. The zero-order chi connectivity index (χ0) is 20.8. The molecule has 1 saturated carbocycles. The summed E-state index contributed by atoms with van der Waals surface area (Å²) >= 11 is 1.46. The van der Waals surface area contributed by atoms with Crippen molar-refractivity contribution in [2.45, 2.75) is 62.0 Å². The van der Waals surface area contributed by atoms with E-state index in [0.717, 1.165) is 34.9 Å². The number of amides is 1. The Balaban J connectivity index is 1.54. The lowest BCUT2D eigenvalue weighted by atomic mass is 9.95. The van der Waals surface area contributed by atoms with Crippen molar-refractivity contribution in [3.8, 4) is 11.4 Å². The molecule has 156 valence electrons. The summed E-state index contributed by atoms with van der Waals surface area (Å²) in [5, 5.41) is 12.6. The van der Waals surface area contributed by atoms with Crippen LogP contribution in [0.1, 0.15) is 44.6 Å². The number of hydrogen-bond acceptors (Lipinski definition) is 5. The highest BCUT2D eigenvalue weighted by molar-refractivity contribution is 8.00. The molecule has 3 aromatic rings. The monoisotopic (exact) mass is 421 g/mol. The van der Waals surface area contributed by atoms with Gasteiger partial charge in [-0.3, -0.25) is 14.3 Å². The van der Waals surface area contributed by atoms with E-state index in [1.165, 1.54) is 31.0 Å². The van der Waals surface area contributed by atoms with E-state index in [-0.39, 0.29) is 11.2 Å². The number of rotatable bonds is 7. The van der Waals surface area contributed by atoms with Crippen LogP contribution in [0.2, 0.25) is 0 Å². The number of carbonyl (C=O) groups is 1. The Bertz CT molecular complexity index is 954. The Morgan fingerprint density at radius 2 is 1.93 bits per heavy atom. The molecule has 0 saturated heterocycles. The van der Waals surface area contributed by atoms with Gasteiger partial charge in [0.1, 0.15) is 0 Å². The Morgan fingerprint density at radius 1 is 1.13 bits per heavy atom. The molecule has 1 fully saturated rings. The molecule has 2 heterocycles. The molecule has 2 aromatic heterocycles. The smallest absolute Gasteiger partial charge is 0.233 e. The van der Waals surface area contributed by atoms with E-state index in [1.807, 2.05) is 37.3 Å². The molecular weight excluding hydrogens is 394 g/mol. The van der Waals surface area contributed by atoms with Crippen LogP contribution in [0.15, 0.2) is 60.0 Å². The molecule has 1 aliphatic carbocycles. The van der Waals surface area contributed by atoms with Gasteiger partial charge in [-0.2, -0.15) is 0 Å². The minimum absolute atomic E-state index is 0.0732. The number of pyridine rings is 1. The highest BCUT2D eigenvalue weighted by atomic mass is 32.2. The Labute approximate surface area is 181 Å². The number of carbonyl (C=O) groups excluding carboxylic acids is 1. The minimum atomic E-state index is -0.243. The molecule has 0 radical (unpaired) electrons. The fourth-order valence-electron chi connectivity index (χ4n) is 3.77. The first-order valence-electron chi connectivity index (χ1n) is 10.6. The second-order valence-electron chi connectivity index (χ2n) is 7.72. The van der Waals surface area contributed by atoms with Crippen molar-refractivity contribution >= 4 is 17.7 Å². The van der Waals surface area contributed by atoms with Crippen LogP contribution < -0.4 is 5.32 Å². The van der Waals surface area contributed by atoms with Crippen LogP contribution >= 0.6 is 11.8 Å². The number of aromatic nitrogens is 4. The van der Waals surface area contributed by atoms with E-state index in [4.69, 9.17) is 0 Å². The van der Waals surface area contributed by atoms with Gasteiger partial charge < -0.3 is 5.32 Å². The molecule has 30 heavy (non-hydrogen) atoms. The van der Waals surface area contributed by atoms with Gasteiger partial charge >= 0.3 is 0 Å². The molecule has 0 spiro atoms. The summed E-state index contributed by atoms with van der Waals surface area (Å²) in [5.74, 6) is 0.832. The van der Waals surface area contributed by atoms with Crippen molar-refractivity contribution < 1.29 is 4.79 Å². The molecule has 1 amide bonds. The van der Waals surface area contributed by atoms with Crippen molar-refractivity contribution in [3.05, 3.63) is 60.4 Å². The number of nitrogens with zero attached hydrogens (tertiary/aromatic N) is 4. The first-order chi connectivity index (χ1) is 14.7. The molecule has 1 aromatic carbocycles. The van der Waals surface area contributed by atoms with E-state index in [0.29, 0.717) is 12.6 Å². The Morgan fingerprint density at radius 3 is 2.67 bits per heavy atom. The van der Waals surface area contributed by atoms with Crippen LogP contribution in [0.3, 0.4) is 0 Å². The third-order valence-corrected chi connectivity index (χ3v) is 6.50.